The van der Waals surface area contributed by atoms with Crippen LogP contribution in [-0.2, 0) is 16.1 Å². The van der Waals surface area contributed by atoms with E-state index in [0.29, 0.717) is 35.0 Å². The van der Waals surface area contributed by atoms with Crippen LogP contribution in [0.1, 0.15) is 41.6 Å². The number of ether oxygens (including phenoxy) is 3. The molecule has 2 heterocycles. The van der Waals surface area contributed by atoms with Crippen LogP contribution in [0.4, 0.5) is 0 Å². The van der Waals surface area contributed by atoms with Crippen molar-refractivity contribution in [2.45, 2.75) is 32.9 Å². The fourth-order valence-electron chi connectivity index (χ4n) is 4.43. The minimum absolute atomic E-state index is 0.00253. The van der Waals surface area contributed by atoms with Crippen LogP contribution >= 0.6 is 0 Å². The van der Waals surface area contributed by atoms with Gasteiger partial charge in [-0.2, -0.15) is 0 Å². The number of ketones is 1. The number of aliphatic hydroxyl groups is 1. The summed E-state index contributed by atoms with van der Waals surface area (Å²) in [7, 11) is 3.04. The topological polar surface area (TPSA) is 98.2 Å². The maximum Gasteiger partial charge on any atom is 0.295 e. The van der Waals surface area contributed by atoms with Crippen LogP contribution in [-0.4, -0.2) is 47.5 Å². The number of hydrogen-bond donors (Lipinski definition) is 1. The van der Waals surface area contributed by atoms with Crippen molar-refractivity contribution in [2.24, 2.45) is 0 Å². The Hall–Kier alpha value is -4.33. The average Bonchev–Trinajstić information content (AvgIpc) is 3.17. The van der Waals surface area contributed by atoms with Gasteiger partial charge in [-0.05, 0) is 66.4 Å². The van der Waals surface area contributed by atoms with E-state index < -0.39 is 17.7 Å². The second kappa shape index (κ2) is 11.2. The van der Waals surface area contributed by atoms with Crippen molar-refractivity contribution < 1.29 is 28.9 Å². The van der Waals surface area contributed by atoms with Crippen LogP contribution in [0.5, 0.6) is 17.2 Å². The van der Waals surface area contributed by atoms with Crippen molar-refractivity contribution in [1.29, 1.82) is 0 Å². The van der Waals surface area contributed by atoms with Gasteiger partial charge >= 0.3 is 0 Å². The standard InChI is InChI=1S/C29H30N2O6/c1-5-13-37-22-10-9-21(14-18(22)2)27(32)25-26(20-8-11-23(35-3)24(15-20)36-4)31(29(34)28(25)33)17-19-7-6-12-30-16-19/h6-12,14-16,26,32H,5,13,17H2,1-4H3/b27-25-. The minimum Gasteiger partial charge on any atom is -0.507 e. The van der Waals surface area contributed by atoms with Crippen molar-refractivity contribution in [1.82, 2.24) is 9.88 Å². The number of carbonyl (C=O) groups excluding carboxylic acids is 2. The van der Waals surface area contributed by atoms with E-state index in [4.69, 9.17) is 14.2 Å². The van der Waals surface area contributed by atoms with E-state index in [0.717, 1.165) is 17.5 Å². The number of benzene rings is 2. The van der Waals surface area contributed by atoms with Crippen LogP contribution in [0.25, 0.3) is 5.76 Å². The predicted octanol–water partition coefficient (Wildman–Crippen LogP) is 4.82. The Morgan fingerprint density at radius 3 is 2.43 bits per heavy atom. The summed E-state index contributed by atoms with van der Waals surface area (Å²) in [5, 5.41) is 11.4. The van der Waals surface area contributed by atoms with E-state index in [9.17, 15) is 14.7 Å². The monoisotopic (exact) mass is 502 g/mol. The molecule has 4 rings (SSSR count). The molecule has 1 atom stereocenters. The second-order valence-electron chi connectivity index (χ2n) is 8.73. The van der Waals surface area contributed by atoms with Crippen molar-refractivity contribution in [3.8, 4) is 17.2 Å². The molecule has 0 saturated carbocycles. The highest BCUT2D eigenvalue weighted by molar-refractivity contribution is 6.46. The van der Waals surface area contributed by atoms with E-state index >= 15 is 0 Å². The zero-order chi connectivity index (χ0) is 26.5. The van der Waals surface area contributed by atoms with E-state index in [1.165, 1.54) is 19.1 Å². The van der Waals surface area contributed by atoms with Crippen LogP contribution in [0, 0.1) is 6.92 Å². The maximum atomic E-state index is 13.4. The molecule has 0 aliphatic carbocycles. The molecule has 1 aliphatic heterocycles. The summed E-state index contributed by atoms with van der Waals surface area (Å²) in [4.78, 5) is 32.2. The summed E-state index contributed by atoms with van der Waals surface area (Å²) in [6.07, 6.45) is 4.15. The number of pyridine rings is 1. The highest BCUT2D eigenvalue weighted by atomic mass is 16.5. The lowest BCUT2D eigenvalue weighted by Gasteiger charge is -2.26. The molecule has 8 nitrogen and oxygen atoms in total. The van der Waals surface area contributed by atoms with Crippen LogP contribution < -0.4 is 14.2 Å². The Kier molecular flexibility index (Phi) is 7.77. The first kappa shape index (κ1) is 25.8. The van der Waals surface area contributed by atoms with E-state index in [1.807, 2.05) is 19.9 Å². The molecule has 1 saturated heterocycles. The van der Waals surface area contributed by atoms with Crippen molar-refractivity contribution in [3.05, 3.63) is 88.8 Å². The minimum atomic E-state index is -0.851. The normalized spacial score (nSPS) is 16.6. The molecule has 1 amide bonds. The van der Waals surface area contributed by atoms with Crippen LogP contribution in [0.2, 0.25) is 0 Å². The van der Waals surface area contributed by atoms with Crippen molar-refractivity contribution >= 4 is 17.4 Å². The van der Waals surface area contributed by atoms with Gasteiger partial charge in [0.25, 0.3) is 11.7 Å². The second-order valence-corrected chi connectivity index (χ2v) is 8.73. The largest absolute Gasteiger partial charge is 0.507 e. The number of aliphatic hydroxyl groups excluding tert-OH is 1. The smallest absolute Gasteiger partial charge is 0.295 e. The molecular weight excluding hydrogens is 472 g/mol. The predicted molar refractivity (Wildman–Crippen MR) is 139 cm³/mol. The Balaban J connectivity index is 1.85. The summed E-state index contributed by atoms with van der Waals surface area (Å²) in [5.74, 6) is -0.0623. The quantitative estimate of drug-likeness (QED) is 0.255. The van der Waals surface area contributed by atoms with Crippen LogP contribution in [0.15, 0.2) is 66.5 Å². The number of amides is 1. The van der Waals surface area contributed by atoms with Gasteiger partial charge in [0, 0.05) is 24.5 Å². The highest BCUT2D eigenvalue weighted by Crippen LogP contribution is 2.43. The Bertz CT molecular complexity index is 1340. The molecule has 2 aromatic carbocycles. The van der Waals surface area contributed by atoms with E-state index in [2.05, 4.69) is 4.98 Å². The average molecular weight is 503 g/mol. The number of aromatic nitrogens is 1. The number of carbonyl (C=O) groups is 2. The van der Waals surface area contributed by atoms with Gasteiger partial charge in [0.05, 0.1) is 32.4 Å². The Labute approximate surface area is 216 Å². The number of hydrogen-bond acceptors (Lipinski definition) is 7. The first-order valence-electron chi connectivity index (χ1n) is 12.0. The molecule has 1 unspecified atom stereocenters. The molecule has 0 bridgehead atoms. The van der Waals surface area contributed by atoms with Gasteiger partial charge in [0.1, 0.15) is 11.5 Å². The number of nitrogens with zero attached hydrogens (tertiary/aromatic N) is 2. The SMILES string of the molecule is CCCOc1ccc(/C(O)=C2/C(=O)C(=O)N(Cc3cccnc3)C2c2ccc(OC)c(OC)c2)cc1C. The number of aryl methyl sites for hydroxylation is 1. The lowest BCUT2D eigenvalue weighted by atomic mass is 9.94. The third-order valence-corrected chi connectivity index (χ3v) is 6.25. The molecular formula is C29H30N2O6. The highest BCUT2D eigenvalue weighted by Gasteiger charge is 2.46. The third-order valence-electron chi connectivity index (χ3n) is 6.25. The van der Waals surface area contributed by atoms with E-state index in [-0.39, 0.29) is 17.9 Å². The third kappa shape index (κ3) is 5.14. The molecule has 192 valence electrons. The molecule has 1 aromatic heterocycles. The number of likely N-dealkylation sites (tertiary alicyclic amines) is 1. The molecule has 37 heavy (non-hydrogen) atoms. The maximum absolute atomic E-state index is 13.4. The molecule has 0 radical (unpaired) electrons. The summed E-state index contributed by atoms with van der Waals surface area (Å²) in [6.45, 7) is 4.60. The molecule has 1 N–H and O–H groups in total. The summed E-state index contributed by atoms with van der Waals surface area (Å²) < 4.78 is 16.6. The van der Waals surface area contributed by atoms with Gasteiger partial charge in [-0.25, -0.2) is 0 Å². The molecule has 1 aliphatic rings. The van der Waals surface area contributed by atoms with Gasteiger partial charge in [-0.3, -0.25) is 14.6 Å². The first-order valence-corrected chi connectivity index (χ1v) is 12.0. The van der Waals surface area contributed by atoms with Crippen LogP contribution in [0.3, 0.4) is 0 Å². The lowest BCUT2D eigenvalue weighted by molar-refractivity contribution is -0.140. The lowest BCUT2D eigenvalue weighted by Crippen LogP contribution is -2.29. The van der Waals surface area contributed by atoms with E-state index in [1.54, 1.807) is 54.9 Å². The summed E-state index contributed by atoms with van der Waals surface area (Å²) in [5.41, 5.74) is 2.59. The molecule has 1 fully saturated rings. The molecule has 0 spiro atoms. The Morgan fingerprint density at radius 1 is 1.03 bits per heavy atom. The number of rotatable bonds is 9. The first-order chi connectivity index (χ1) is 17.9. The zero-order valence-electron chi connectivity index (χ0n) is 21.4. The fraction of sp³-hybridized carbons (Fsp3) is 0.276. The summed E-state index contributed by atoms with van der Waals surface area (Å²) >= 11 is 0. The number of Topliss-reactive ketones (excluding diaryl/α,β-unsaturated/α-hetero) is 1. The Morgan fingerprint density at radius 2 is 1.78 bits per heavy atom. The van der Waals surface area contributed by atoms with Gasteiger partial charge in [0.2, 0.25) is 0 Å². The molecule has 8 heteroatoms. The molecule has 3 aromatic rings. The zero-order valence-corrected chi connectivity index (χ0v) is 21.4. The van der Waals surface area contributed by atoms with Gasteiger partial charge < -0.3 is 24.2 Å². The van der Waals surface area contributed by atoms with Crippen molar-refractivity contribution in [2.75, 3.05) is 20.8 Å². The summed E-state index contributed by atoms with van der Waals surface area (Å²) in [6, 6.07) is 13.1. The van der Waals surface area contributed by atoms with Crippen molar-refractivity contribution in [3.63, 3.8) is 0 Å². The van der Waals surface area contributed by atoms with Gasteiger partial charge in [0.15, 0.2) is 11.5 Å². The van der Waals surface area contributed by atoms with Gasteiger partial charge in [-0.1, -0.05) is 19.1 Å². The number of methoxy groups -OCH3 is 2. The van der Waals surface area contributed by atoms with Gasteiger partial charge in [-0.15, -0.1) is 0 Å². The fourth-order valence-corrected chi connectivity index (χ4v) is 4.43.